The van der Waals surface area contributed by atoms with E-state index in [1.165, 1.54) is 0 Å². The molecule has 0 unspecified atom stereocenters. The molecule has 33 heavy (non-hydrogen) atoms. The Bertz CT molecular complexity index is 744. The molecule has 0 spiro atoms. The molecule has 0 amide bonds. The van der Waals surface area contributed by atoms with Crippen LogP contribution in [0.25, 0.3) is 0 Å². The maximum Gasteiger partial charge on any atom is 0.373 e. The summed E-state index contributed by atoms with van der Waals surface area (Å²) in [7, 11) is 0. The molecular formula is C21H26O12. The highest BCUT2D eigenvalue weighted by molar-refractivity contribution is 5.89. The summed E-state index contributed by atoms with van der Waals surface area (Å²) in [6.07, 6.45) is 0.126. The van der Waals surface area contributed by atoms with Gasteiger partial charge in [-0.15, -0.1) is 0 Å². The molecule has 0 bridgehead atoms. The van der Waals surface area contributed by atoms with E-state index in [0.717, 1.165) is 20.8 Å². The third-order valence-corrected chi connectivity index (χ3v) is 3.76. The Labute approximate surface area is 190 Å². The molecule has 182 valence electrons. The van der Waals surface area contributed by atoms with Crippen LogP contribution in [0.3, 0.4) is 0 Å². The van der Waals surface area contributed by atoms with Crippen LogP contribution < -0.4 is 0 Å². The zero-order chi connectivity index (χ0) is 25.8. The topological polar surface area (TPSA) is 158 Å². The first-order valence-electron chi connectivity index (χ1n) is 9.36. The minimum absolute atomic E-state index is 0.126. The van der Waals surface area contributed by atoms with E-state index < -0.39 is 78.3 Å². The van der Waals surface area contributed by atoms with Gasteiger partial charge < -0.3 is 28.4 Å². The molecule has 0 atom stereocenters. The van der Waals surface area contributed by atoms with Crippen molar-refractivity contribution in [2.45, 2.75) is 34.1 Å². The SMILES string of the molecule is C=C(OC(C)=O)C(=O)OCC(CC)(COC(=O)C(=C)OC(C)=O)COC(=O)C(=C)OC(C)=O. The number of esters is 6. The van der Waals surface area contributed by atoms with E-state index in [0.29, 0.717) is 0 Å². The van der Waals surface area contributed by atoms with Gasteiger partial charge in [-0.05, 0) is 26.2 Å². The molecule has 12 heteroatoms. The van der Waals surface area contributed by atoms with Crippen molar-refractivity contribution >= 4 is 35.8 Å². The van der Waals surface area contributed by atoms with Gasteiger partial charge in [0.05, 0.1) is 5.41 Å². The van der Waals surface area contributed by atoms with Crippen LogP contribution in [0.2, 0.25) is 0 Å². The molecule has 12 nitrogen and oxygen atoms in total. The second kappa shape index (κ2) is 13.5. The molecule has 0 aromatic heterocycles. The summed E-state index contributed by atoms with van der Waals surface area (Å²) in [6.45, 7) is 13.1. The Morgan fingerprint density at radius 2 is 0.818 bits per heavy atom. The number of ether oxygens (including phenoxy) is 6. The fourth-order valence-electron chi connectivity index (χ4n) is 1.97. The zero-order valence-corrected chi connectivity index (χ0v) is 18.8. The van der Waals surface area contributed by atoms with Gasteiger partial charge in [0, 0.05) is 20.8 Å². The van der Waals surface area contributed by atoms with E-state index in [4.69, 9.17) is 14.2 Å². The molecule has 0 fully saturated rings. The molecule has 0 aliphatic heterocycles. The number of carbonyl (C=O) groups is 6. The van der Waals surface area contributed by atoms with Gasteiger partial charge in [-0.1, -0.05) is 6.92 Å². The lowest BCUT2D eigenvalue weighted by atomic mass is 9.88. The molecule has 0 aliphatic carbocycles. The number of hydrogen-bond donors (Lipinski definition) is 0. The van der Waals surface area contributed by atoms with Crippen molar-refractivity contribution in [2.75, 3.05) is 19.8 Å². The van der Waals surface area contributed by atoms with E-state index in [1.807, 2.05) is 0 Å². The van der Waals surface area contributed by atoms with Crippen LogP contribution in [0.4, 0.5) is 0 Å². The van der Waals surface area contributed by atoms with Crippen LogP contribution >= 0.6 is 0 Å². The van der Waals surface area contributed by atoms with Crippen molar-refractivity contribution in [3.63, 3.8) is 0 Å². The first-order valence-corrected chi connectivity index (χ1v) is 9.36. The van der Waals surface area contributed by atoms with Crippen molar-refractivity contribution in [1.82, 2.24) is 0 Å². The van der Waals surface area contributed by atoms with Crippen LogP contribution in [0.5, 0.6) is 0 Å². The Morgan fingerprint density at radius 3 is 1.00 bits per heavy atom. The van der Waals surface area contributed by atoms with E-state index in [-0.39, 0.29) is 6.42 Å². The maximum atomic E-state index is 12.0. The lowest BCUT2D eigenvalue weighted by Gasteiger charge is -2.31. The van der Waals surface area contributed by atoms with Gasteiger partial charge in [-0.3, -0.25) is 14.4 Å². The predicted molar refractivity (Wildman–Crippen MR) is 108 cm³/mol. The van der Waals surface area contributed by atoms with E-state index >= 15 is 0 Å². The standard InChI is InChI=1S/C21H26O12/c1-8-21(9-28-18(25)12(2)31-15(5)22,10-29-19(26)13(3)32-16(6)23)11-30-20(27)14(4)33-17(7)24/h2-4,8-11H2,1,5-7H3. The summed E-state index contributed by atoms with van der Waals surface area (Å²) in [5.41, 5.74) is -1.31. The quantitative estimate of drug-likeness (QED) is 0.164. The first kappa shape index (κ1) is 29.0. The lowest BCUT2D eigenvalue weighted by molar-refractivity contribution is -0.165. The normalized spacial score (nSPS) is 10.2. The third-order valence-electron chi connectivity index (χ3n) is 3.76. The molecular weight excluding hydrogens is 444 g/mol. The Hall–Kier alpha value is -3.96. The summed E-state index contributed by atoms with van der Waals surface area (Å²) in [6, 6.07) is 0. The number of carbonyl (C=O) groups excluding carboxylic acids is 6. The average Bonchev–Trinajstić information content (AvgIpc) is 2.71. The fraction of sp³-hybridized carbons (Fsp3) is 0.429. The fourth-order valence-corrected chi connectivity index (χ4v) is 1.97. The minimum Gasteiger partial charge on any atom is -0.459 e. The maximum absolute atomic E-state index is 12.0. The van der Waals surface area contributed by atoms with Gasteiger partial charge >= 0.3 is 35.8 Å². The van der Waals surface area contributed by atoms with Gasteiger partial charge in [0.1, 0.15) is 19.8 Å². The molecule has 0 heterocycles. The van der Waals surface area contributed by atoms with Crippen LogP contribution in [0.15, 0.2) is 37.0 Å². The van der Waals surface area contributed by atoms with Crippen molar-refractivity contribution in [3.8, 4) is 0 Å². The molecule has 0 aromatic rings. The Morgan fingerprint density at radius 1 is 0.576 bits per heavy atom. The second-order valence-corrected chi connectivity index (χ2v) is 6.63. The summed E-state index contributed by atoms with van der Waals surface area (Å²) in [4.78, 5) is 68.9. The number of rotatable bonds is 13. The minimum atomic E-state index is -1.31. The third kappa shape index (κ3) is 11.3. The van der Waals surface area contributed by atoms with Crippen LogP contribution in [0.1, 0.15) is 34.1 Å². The van der Waals surface area contributed by atoms with Gasteiger partial charge in [-0.2, -0.15) is 0 Å². The average molecular weight is 470 g/mol. The Balaban J connectivity index is 5.44. The van der Waals surface area contributed by atoms with Crippen LogP contribution in [0, 0.1) is 5.41 Å². The van der Waals surface area contributed by atoms with Crippen molar-refractivity contribution < 1.29 is 57.2 Å². The van der Waals surface area contributed by atoms with E-state index in [2.05, 4.69) is 33.9 Å². The molecule has 0 radical (unpaired) electrons. The van der Waals surface area contributed by atoms with Crippen molar-refractivity contribution in [1.29, 1.82) is 0 Å². The molecule has 0 saturated carbocycles. The van der Waals surface area contributed by atoms with E-state index in [9.17, 15) is 28.8 Å². The molecule has 0 rings (SSSR count). The monoisotopic (exact) mass is 470 g/mol. The van der Waals surface area contributed by atoms with Crippen LogP contribution in [-0.4, -0.2) is 55.6 Å². The lowest BCUT2D eigenvalue weighted by Crippen LogP contribution is -2.39. The molecule has 0 aliphatic rings. The summed E-state index contributed by atoms with van der Waals surface area (Å²) in [5, 5.41) is 0. The van der Waals surface area contributed by atoms with Gasteiger partial charge in [-0.25, -0.2) is 14.4 Å². The van der Waals surface area contributed by atoms with Gasteiger partial charge in [0.2, 0.25) is 17.3 Å². The van der Waals surface area contributed by atoms with Crippen molar-refractivity contribution in [3.05, 3.63) is 37.0 Å². The predicted octanol–water partition coefficient (Wildman–Crippen LogP) is 1.24. The summed E-state index contributed by atoms with van der Waals surface area (Å²) < 4.78 is 28.8. The highest BCUT2D eigenvalue weighted by atomic mass is 16.6. The second-order valence-electron chi connectivity index (χ2n) is 6.63. The molecule has 0 N–H and O–H groups in total. The molecule has 0 aromatic carbocycles. The largest absolute Gasteiger partial charge is 0.459 e. The first-order chi connectivity index (χ1) is 15.2. The van der Waals surface area contributed by atoms with Crippen LogP contribution in [-0.2, 0) is 57.2 Å². The molecule has 0 saturated heterocycles. The smallest absolute Gasteiger partial charge is 0.373 e. The summed E-state index contributed by atoms with van der Waals surface area (Å²) in [5.74, 6) is -7.43. The van der Waals surface area contributed by atoms with Gasteiger partial charge in [0.15, 0.2) is 0 Å². The highest BCUT2D eigenvalue weighted by Crippen LogP contribution is 2.26. The highest BCUT2D eigenvalue weighted by Gasteiger charge is 2.35. The zero-order valence-electron chi connectivity index (χ0n) is 18.8. The summed E-state index contributed by atoms with van der Waals surface area (Å²) >= 11 is 0. The van der Waals surface area contributed by atoms with E-state index in [1.54, 1.807) is 6.92 Å². The van der Waals surface area contributed by atoms with Crippen molar-refractivity contribution in [2.24, 2.45) is 5.41 Å². The Kier molecular flexibility index (Phi) is 11.8. The number of hydrogen-bond acceptors (Lipinski definition) is 12. The van der Waals surface area contributed by atoms with Gasteiger partial charge in [0.25, 0.3) is 0 Å².